The van der Waals surface area contributed by atoms with E-state index in [-0.39, 0.29) is 32.6 Å². The van der Waals surface area contributed by atoms with Crippen LogP contribution in [-0.4, -0.2) is 49.3 Å². The van der Waals surface area contributed by atoms with E-state index in [1.54, 1.807) is 0 Å². The molecule has 0 spiro atoms. The minimum Gasteiger partial charge on any atom is -0.462 e. The molecule has 0 aromatic carbocycles. The number of nitrogens with two attached hydrogens (primary N) is 1. The van der Waals surface area contributed by atoms with Crippen LogP contribution >= 0.6 is 7.82 Å². The molecule has 0 amide bonds. The van der Waals surface area contributed by atoms with E-state index in [1.807, 2.05) is 0 Å². The van der Waals surface area contributed by atoms with Gasteiger partial charge < -0.3 is 20.1 Å². The number of phosphoric ester groups is 1. The van der Waals surface area contributed by atoms with Crippen molar-refractivity contribution in [2.24, 2.45) is 5.73 Å². The van der Waals surface area contributed by atoms with E-state index >= 15 is 0 Å². The topological polar surface area (TPSA) is 134 Å². The Kier molecular flexibility index (Phi) is 47.0. The molecule has 366 valence electrons. The molecular weight excluding hydrogens is 822 g/mol. The molecule has 0 rings (SSSR count). The minimum atomic E-state index is -4.39. The molecule has 0 aliphatic carbocycles. The van der Waals surface area contributed by atoms with E-state index in [4.69, 9.17) is 24.3 Å². The number of ether oxygens (including phenoxy) is 2. The van der Waals surface area contributed by atoms with Crippen LogP contribution in [0.15, 0.2) is 97.2 Å². The monoisotopic (exact) mass is 914 g/mol. The van der Waals surface area contributed by atoms with Crippen molar-refractivity contribution in [1.29, 1.82) is 0 Å². The Bertz CT molecular complexity index is 1360. The van der Waals surface area contributed by atoms with Gasteiger partial charge in [-0.15, -0.1) is 0 Å². The standard InChI is InChI=1S/C54H92NO8P/c1-3-5-7-9-11-13-15-17-19-21-22-23-24-25-26-27-28-29-30-31-33-35-37-39-41-43-45-47-54(57)63-52(51-62-64(58,59)61-49-48-55)50-60-53(56)46-44-42-40-38-36-34-32-20-18-16-14-12-10-8-6-4-2/h5,7,11,13-14,16-17,19-20,22-23,25-26,28-29,32,52H,3-4,6,8-10,12,15,18,21,24,27,30-31,33-51,55H2,1-2H3,(H,58,59)/b7-5-,13-11-,16-14-,19-17-,23-22-,26-25-,29-28-,32-20-. The summed E-state index contributed by atoms with van der Waals surface area (Å²) in [5, 5.41) is 0. The number of unbranched alkanes of at least 4 members (excludes halogenated alkanes) is 17. The Hall–Kier alpha value is -3.07. The van der Waals surface area contributed by atoms with E-state index in [0.29, 0.717) is 12.8 Å². The van der Waals surface area contributed by atoms with E-state index in [1.165, 1.54) is 57.8 Å². The number of carbonyl (C=O) groups is 2. The molecule has 0 aromatic heterocycles. The van der Waals surface area contributed by atoms with E-state index in [0.717, 1.165) is 103 Å². The molecule has 2 unspecified atom stereocenters. The fraction of sp³-hybridized carbons (Fsp3) is 0.667. The number of rotatable bonds is 46. The van der Waals surface area contributed by atoms with Gasteiger partial charge in [-0.1, -0.05) is 188 Å². The Morgan fingerprint density at radius 3 is 1.28 bits per heavy atom. The quantitative estimate of drug-likeness (QED) is 0.0265. The van der Waals surface area contributed by atoms with Gasteiger partial charge in [0.05, 0.1) is 13.2 Å². The second kappa shape index (κ2) is 49.4. The molecule has 0 aliphatic rings. The molecule has 0 saturated carbocycles. The number of esters is 2. The zero-order chi connectivity index (χ0) is 46.7. The first-order valence-electron chi connectivity index (χ1n) is 25.2. The molecule has 9 nitrogen and oxygen atoms in total. The molecule has 0 aliphatic heterocycles. The Morgan fingerprint density at radius 2 is 0.859 bits per heavy atom. The Morgan fingerprint density at radius 1 is 0.484 bits per heavy atom. The van der Waals surface area contributed by atoms with Crippen LogP contribution in [0.1, 0.15) is 200 Å². The molecular formula is C54H92NO8P. The molecule has 0 radical (unpaired) electrons. The summed E-state index contributed by atoms with van der Waals surface area (Å²) in [5.41, 5.74) is 5.36. The summed E-state index contributed by atoms with van der Waals surface area (Å²) in [4.78, 5) is 35.0. The highest BCUT2D eigenvalue weighted by Gasteiger charge is 2.26. The summed E-state index contributed by atoms with van der Waals surface area (Å²) in [6.45, 7) is 3.57. The maximum atomic E-state index is 12.7. The van der Waals surface area contributed by atoms with Crippen molar-refractivity contribution in [2.75, 3.05) is 26.4 Å². The molecule has 0 aromatic rings. The first kappa shape index (κ1) is 60.9. The van der Waals surface area contributed by atoms with Crippen molar-refractivity contribution in [2.45, 2.75) is 206 Å². The van der Waals surface area contributed by atoms with Gasteiger partial charge in [-0.25, -0.2) is 4.57 Å². The van der Waals surface area contributed by atoms with Crippen molar-refractivity contribution in [3.05, 3.63) is 97.2 Å². The largest absolute Gasteiger partial charge is 0.472 e. The van der Waals surface area contributed by atoms with Gasteiger partial charge in [0, 0.05) is 19.4 Å². The maximum Gasteiger partial charge on any atom is 0.472 e. The van der Waals surface area contributed by atoms with E-state index < -0.39 is 32.5 Å². The second-order valence-electron chi connectivity index (χ2n) is 16.3. The van der Waals surface area contributed by atoms with Crippen LogP contribution in [0, 0.1) is 0 Å². The van der Waals surface area contributed by atoms with Gasteiger partial charge >= 0.3 is 19.8 Å². The van der Waals surface area contributed by atoms with Crippen LogP contribution in [0.3, 0.4) is 0 Å². The van der Waals surface area contributed by atoms with E-state index in [2.05, 4.69) is 111 Å². The van der Waals surface area contributed by atoms with Gasteiger partial charge in [0.25, 0.3) is 0 Å². The predicted octanol–water partition coefficient (Wildman–Crippen LogP) is 15.3. The van der Waals surface area contributed by atoms with Crippen molar-refractivity contribution < 1.29 is 37.6 Å². The summed E-state index contributed by atoms with van der Waals surface area (Å²) in [6, 6.07) is 0. The summed E-state index contributed by atoms with van der Waals surface area (Å²) in [7, 11) is -4.39. The van der Waals surface area contributed by atoms with Crippen LogP contribution in [0.5, 0.6) is 0 Å². The fourth-order valence-corrected chi connectivity index (χ4v) is 7.26. The summed E-state index contributed by atoms with van der Waals surface area (Å²) < 4.78 is 32.9. The lowest BCUT2D eigenvalue weighted by molar-refractivity contribution is -0.161. The first-order valence-corrected chi connectivity index (χ1v) is 26.7. The molecule has 2 atom stereocenters. The summed E-state index contributed by atoms with van der Waals surface area (Å²) in [6.07, 6.45) is 64.4. The molecule has 10 heteroatoms. The third kappa shape index (κ3) is 48.4. The van der Waals surface area contributed by atoms with Crippen molar-refractivity contribution in [3.63, 3.8) is 0 Å². The maximum absolute atomic E-state index is 12.7. The predicted molar refractivity (Wildman–Crippen MR) is 270 cm³/mol. The SMILES string of the molecule is CC/C=C\C/C=C\C/C=C\C/C=C\C/C=C\C/C=C\CCCCCCCCCCC(=O)OC(COC(=O)CCCCCCC/C=C\C/C=C\CCCCCC)COP(=O)(O)OCCN. The third-order valence-corrected chi connectivity index (χ3v) is 11.2. The van der Waals surface area contributed by atoms with Gasteiger partial charge in [0.1, 0.15) is 6.61 Å². The van der Waals surface area contributed by atoms with Crippen LogP contribution in [0.4, 0.5) is 0 Å². The number of allylic oxidation sites excluding steroid dienone is 16. The molecule has 0 bridgehead atoms. The highest BCUT2D eigenvalue weighted by atomic mass is 31.2. The number of hydrogen-bond donors (Lipinski definition) is 2. The van der Waals surface area contributed by atoms with Gasteiger partial charge in [-0.2, -0.15) is 0 Å². The number of carbonyl (C=O) groups excluding carboxylic acids is 2. The smallest absolute Gasteiger partial charge is 0.462 e. The molecule has 64 heavy (non-hydrogen) atoms. The van der Waals surface area contributed by atoms with Crippen LogP contribution in [-0.2, 0) is 32.7 Å². The Labute approximate surface area is 391 Å². The highest BCUT2D eigenvalue weighted by Crippen LogP contribution is 2.43. The number of hydrogen-bond acceptors (Lipinski definition) is 8. The first-order chi connectivity index (χ1) is 31.3. The molecule has 0 saturated heterocycles. The second-order valence-corrected chi connectivity index (χ2v) is 17.8. The average Bonchev–Trinajstić information content (AvgIpc) is 3.28. The van der Waals surface area contributed by atoms with Crippen LogP contribution in [0.25, 0.3) is 0 Å². The lowest BCUT2D eigenvalue weighted by Gasteiger charge is -2.19. The van der Waals surface area contributed by atoms with E-state index in [9.17, 15) is 19.0 Å². The van der Waals surface area contributed by atoms with Gasteiger partial charge in [-0.3, -0.25) is 18.6 Å². The van der Waals surface area contributed by atoms with Crippen molar-refractivity contribution in [1.82, 2.24) is 0 Å². The zero-order valence-electron chi connectivity index (χ0n) is 40.5. The van der Waals surface area contributed by atoms with Gasteiger partial charge in [-0.05, 0) is 96.3 Å². The lowest BCUT2D eigenvalue weighted by Crippen LogP contribution is -2.29. The van der Waals surface area contributed by atoms with Crippen LogP contribution < -0.4 is 5.73 Å². The molecule has 0 heterocycles. The normalized spacial score (nSPS) is 14.0. The molecule has 0 fully saturated rings. The highest BCUT2D eigenvalue weighted by molar-refractivity contribution is 7.47. The van der Waals surface area contributed by atoms with Gasteiger partial charge in [0.15, 0.2) is 6.10 Å². The zero-order valence-corrected chi connectivity index (χ0v) is 41.4. The van der Waals surface area contributed by atoms with Crippen LogP contribution in [0.2, 0.25) is 0 Å². The summed E-state index contributed by atoms with van der Waals surface area (Å²) >= 11 is 0. The summed E-state index contributed by atoms with van der Waals surface area (Å²) in [5.74, 6) is -0.860. The number of phosphoric acid groups is 1. The fourth-order valence-electron chi connectivity index (χ4n) is 6.49. The van der Waals surface area contributed by atoms with Crippen molar-refractivity contribution in [3.8, 4) is 0 Å². The van der Waals surface area contributed by atoms with Gasteiger partial charge in [0.2, 0.25) is 0 Å². The lowest BCUT2D eigenvalue weighted by atomic mass is 10.1. The third-order valence-electron chi connectivity index (χ3n) is 10.2. The Balaban J connectivity index is 4.11. The minimum absolute atomic E-state index is 0.0449. The average molecular weight is 914 g/mol. The molecule has 3 N–H and O–H groups in total. The van der Waals surface area contributed by atoms with Crippen molar-refractivity contribution >= 4 is 19.8 Å².